The number of nitrogens with zero attached hydrogens (tertiary/aromatic N) is 1. The topological polar surface area (TPSA) is 47.8 Å². The number of hydrogen-bond donors (Lipinski definition) is 0. The molecule has 0 aliphatic rings. The number of benzene rings is 3. The lowest BCUT2D eigenvalue weighted by atomic mass is 10.0. The molecule has 0 N–H and O–H groups in total. The van der Waals surface area contributed by atoms with Gasteiger partial charge in [-0.1, -0.05) is 48.0 Å². The number of aromatic nitrogens is 1. The van der Waals surface area contributed by atoms with Crippen molar-refractivity contribution < 1.29 is 14.3 Å². The number of aryl methyl sites for hydroxylation is 1. The van der Waals surface area contributed by atoms with Crippen LogP contribution in [0.2, 0.25) is 0 Å². The highest BCUT2D eigenvalue weighted by Crippen LogP contribution is 2.34. The summed E-state index contributed by atoms with van der Waals surface area (Å²) in [5, 5.41) is 0.932. The van der Waals surface area contributed by atoms with E-state index in [1.165, 1.54) is 0 Å². The van der Waals surface area contributed by atoms with E-state index in [4.69, 9.17) is 4.74 Å². The number of methoxy groups -OCH3 is 1. The molecular formula is C28H21NO3. The summed E-state index contributed by atoms with van der Waals surface area (Å²) in [5.41, 5.74) is 5.99. The van der Waals surface area contributed by atoms with Crippen LogP contribution >= 0.6 is 0 Å². The van der Waals surface area contributed by atoms with E-state index in [9.17, 15) is 9.59 Å². The van der Waals surface area contributed by atoms with Crippen molar-refractivity contribution in [3.63, 3.8) is 0 Å². The summed E-state index contributed by atoms with van der Waals surface area (Å²) in [7, 11) is 1.63. The van der Waals surface area contributed by atoms with Gasteiger partial charge in [-0.2, -0.15) is 0 Å². The van der Waals surface area contributed by atoms with E-state index in [1.807, 2.05) is 96.3 Å². The van der Waals surface area contributed by atoms with Crippen molar-refractivity contribution in [1.82, 2.24) is 4.40 Å². The molecule has 0 aliphatic heterocycles. The molecule has 156 valence electrons. The second-order valence-corrected chi connectivity index (χ2v) is 7.83. The van der Waals surface area contributed by atoms with Crippen LogP contribution in [0, 0.1) is 6.92 Å². The number of hydrogen-bond acceptors (Lipinski definition) is 3. The van der Waals surface area contributed by atoms with Crippen LogP contribution < -0.4 is 4.74 Å². The molecule has 0 saturated heterocycles. The second-order valence-electron chi connectivity index (χ2n) is 7.83. The highest BCUT2D eigenvalue weighted by molar-refractivity contribution is 6.17. The van der Waals surface area contributed by atoms with Crippen LogP contribution in [0.4, 0.5) is 0 Å². The van der Waals surface area contributed by atoms with Gasteiger partial charge in [0.2, 0.25) is 0 Å². The van der Waals surface area contributed by atoms with Crippen LogP contribution in [0.15, 0.2) is 84.9 Å². The minimum atomic E-state index is -0.111. The SMILES string of the molecule is COc1ccc(-c2cc(C(=O)c3ccc(C)cc3)c3c(C=O)cc4ccccc4n23)cc1. The average molecular weight is 419 g/mol. The van der Waals surface area contributed by atoms with Gasteiger partial charge in [0.15, 0.2) is 12.1 Å². The third-order valence-corrected chi connectivity index (χ3v) is 5.83. The Hall–Kier alpha value is -4.18. The Morgan fingerprint density at radius 3 is 2.31 bits per heavy atom. The van der Waals surface area contributed by atoms with Crippen molar-refractivity contribution in [2.24, 2.45) is 0 Å². The fourth-order valence-electron chi connectivity index (χ4n) is 4.19. The first-order chi connectivity index (χ1) is 15.6. The maximum Gasteiger partial charge on any atom is 0.195 e. The molecule has 32 heavy (non-hydrogen) atoms. The molecule has 0 radical (unpaired) electrons. The molecule has 0 fully saturated rings. The van der Waals surface area contributed by atoms with Crippen molar-refractivity contribution >= 4 is 28.5 Å². The number of pyridine rings is 1. The number of carbonyl (C=O) groups excluding carboxylic acids is 2. The van der Waals surface area contributed by atoms with Gasteiger partial charge in [-0.15, -0.1) is 0 Å². The quantitative estimate of drug-likeness (QED) is 0.255. The van der Waals surface area contributed by atoms with E-state index in [2.05, 4.69) is 0 Å². The zero-order chi connectivity index (χ0) is 22.2. The second kappa shape index (κ2) is 7.82. The van der Waals surface area contributed by atoms with Gasteiger partial charge < -0.3 is 9.14 Å². The van der Waals surface area contributed by atoms with Crippen LogP contribution in [0.5, 0.6) is 5.75 Å². The Balaban J connectivity index is 1.86. The summed E-state index contributed by atoms with van der Waals surface area (Å²) in [4.78, 5) is 25.7. The highest BCUT2D eigenvalue weighted by atomic mass is 16.5. The van der Waals surface area contributed by atoms with Crippen molar-refractivity contribution in [3.8, 4) is 17.0 Å². The van der Waals surface area contributed by atoms with Crippen molar-refractivity contribution in [2.45, 2.75) is 6.92 Å². The number of fused-ring (bicyclic) bond motifs is 3. The van der Waals surface area contributed by atoms with Gasteiger partial charge in [0.25, 0.3) is 0 Å². The van der Waals surface area contributed by atoms with Gasteiger partial charge in [-0.05, 0) is 60.3 Å². The molecular weight excluding hydrogens is 398 g/mol. The molecule has 5 aromatic rings. The Labute approximate surface area is 185 Å². The molecule has 0 aliphatic carbocycles. The lowest BCUT2D eigenvalue weighted by Gasteiger charge is -2.11. The van der Waals surface area contributed by atoms with E-state index in [1.54, 1.807) is 7.11 Å². The average Bonchev–Trinajstić information content (AvgIpc) is 3.24. The van der Waals surface area contributed by atoms with Crippen LogP contribution in [-0.2, 0) is 0 Å². The normalized spacial score (nSPS) is 11.1. The largest absolute Gasteiger partial charge is 0.497 e. The third-order valence-electron chi connectivity index (χ3n) is 5.83. The Bertz CT molecular complexity index is 1480. The van der Waals surface area contributed by atoms with Gasteiger partial charge in [0.05, 0.1) is 23.8 Å². The van der Waals surface area contributed by atoms with Gasteiger partial charge >= 0.3 is 0 Å². The van der Waals surface area contributed by atoms with Crippen LogP contribution in [0.1, 0.15) is 31.8 Å². The summed E-state index contributed by atoms with van der Waals surface area (Å²) < 4.78 is 7.32. The molecule has 3 aromatic carbocycles. The van der Waals surface area contributed by atoms with E-state index in [0.29, 0.717) is 22.2 Å². The minimum absolute atomic E-state index is 0.111. The van der Waals surface area contributed by atoms with Crippen molar-refractivity contribution in [2.75, 3.05) is 7.11 Å². The highest BCUT2D eigenvalue weighted by Gasteiger charge is 2.22. The van der Waals surface area contributed by atoms with Crippen LogP contribution in [0.25, 0.3) is 27.7 Å². The summed E-state index contributed by atoms with van der Waals surface area (Å²) in [6, 6.07) is 26.8. The summed E-state index contributed by atoms with van der Waals surface area (Å²) in [6.45, 7) is 1.99. The molecule has 2 aromatic heterocycles. The summed E-state index contributed by atoms with van der Waals surface area (Å²) in [6.07, 6.45) is 0.825. The maximum absolute atomic E-state index is 13.6. The van der Waals surface area contributed by atoms with Gasteiger partial charge in [-0.25, -0.2) is 0 Å². The molecule has 0 amide bonds. The van der Waals surface area contributed by atoms with Gasteiger partial charge in [0, 0.05) is 16.7 Å². The summed E-state index contributed by atoms with van der Waals surface area (Å²) >= 11 is 0. The van der Waals surface area contributed by atoms with E-state index < -0.39 is 0 Å². The van der Waals surface area contributed by atoms with Crippen molar-refractivity contribution in [3.05, 3.63) is 107 Å². The fourth-order valence-corrected chi connectivity index (χ4v) is 4.19. The Morgan fingerprint density at radius 2 is 1.62 bits per heavy atom. The zero-order valence-corrected chi connectivity index (χ0v) is 17.8. The number of rotatable bonds is 5. The molecule has 2 heterocycles. The smallest absolute Gasteiger partial charge is 0.195 e. The van der Waals surface area contributed by atoms with Gasteiger partial charge in [-0.3, -0.25) is 9.59 Å². The summed E-state index contributed by atoms with van der Waals surface area (Å²) in [5.74, 6) is 0.643. The van der Waals surface area contributed by atoms with E-state index >= 15 is 0 Å². The third kappa shape index (κ3) is 3.17. The maximum atomic E-state index is 13.6. The predicted molar refractivity (Wildman–Crippen MR) is 127 cm³/mol. The van der Waals surface area contributed by atoms with Crippen LogP contribution in [0.3, 0.4) is 0 Å². The number of ketones is 1. The molecule has 4 nitrogen and oxygen atoms in total. The van der Waals surface area contributed by atoms with Gasteiger partial charge in [0.1, 0.15) is 5.75 Å². The van der Waals surface area contributed by atoms with Crippen LogP contribution in [-0.4, -0.2) is 23.6 Å². The minimum Gasteiger partial charge on any atom is -0.497 e. The van der Waals surface area contributed by atoms with Crippen molar-refractivity contribution in [1.29, 1.82) is 0 Å². The Kier molecular flexibility index (Phi) is 4.83. The zero-order valence-electron chi connectivity index (χ0n) is 17.8. The predicted octanol–water partition coefficient (Wildman–Crippen LogP) is 6.12. The lowest BCUT2D eigenvalue weighted by Crippen LogP contribution is -2.03. The molecule has 0 spiro atoms. The number of carbonyl (C=O) groups is 2. The standard InChI is InChI=1S/C28H21NO3/c1-18-7-9-20(10-8-18)28(31)24-16-26(19-11-13-23(32-2)14-12-19)29-25-6-4-3-5-21(25)15-22(17-30)27(24)29/h3-17H,1-2H3. The molecule has 4 heteroatoms. The first kappa shape index (κ1) is 19.8. The molecule has 0 atom stereocenters. The molecule has 0 unspecified atom stereocenters. The van der Waals surface area contributed by atoms with E-state index in [-0.39, 0.29) is 5.78 Å². The molecule has 5 rings (SSSR count). The lowest BCUT2D eigenvalue weighted by molar-refractivity contribution is 0.104. The number of ether oxygens (including phenoxy) is 1. The molecule has 0 bridgehead atoms. The molecule has 0 saturated carbocycles. The number of aldehydes is 1. The Morgan fingerprint density at radius 1 is 0.906 bits per heavy atom. The first-order valence-electron chi connectivity index (χ1n) is 10.4. The first-order valence-corrected chi connectivity index (χ1v) is 10.4. The monoisotopic (exact) mass is 419 g/mol. The number of para-hydroxylation sites is 1. The fraction of sp³-hybridized carbons (Fsp3) is 0.0714. The van der Waals surface area contributed by atoms with E-state index in [0.717, 1.165) is 39.8 Å².